The lowest BCUT2D eigenvalue weighted by Gasteiger charge is -2.25. The molecule has 18 heavy (non-hydrogen) atoms. The molecule has 2 unspecified atom stereocenters. The predicted molar refractivity (Wildman–Crippen MR) is 78.5 cm³/mol. The maximum absolute atomic E-state index is 6.03. The molecule has 1 aromatic carbocycles. The third-order valence-electron chi connectivity index (χ3n) is 3.53. The van der Waals surface area contributed by atoms with E-state index in [0.29, 0.717) is 22.1 Å². The van der Waals surface area contributed by atoms with Crippen molar-refractivity contribution in [1.82, 2.24) is 10.6 Å². The molecule has 1 saturated heterocycles. The number of halogens is 2. The van der Waals surface area contributed by atoms with Crippen LogP contribution in [0.2, 0.25) is 10.0 Å². The molecule has 0 radical (unpaired) electrons. The standard InChI is InChI=1S/C14H20Cl2N2/c1-10(11-5-6-13(15)14(16)8-11)18-9-12-4-2-3-7-17-12/h5-6,8,10,12,17-18H,2-4,7,9H2,1H3. The number of hydrogen-bond acceptors (Lipinski definition) is 2. The van der Waals surface area contributed by atoms with E-state index >= 15 is 0 Å². The fourth-order valence-corrected chi connectivity index (χ4v) is 2.62. The number of benzene rings is 1. The summed E-state index contributed by atoms with van der Waals surface area (Å²) in [7, 11) is 0. The normalized spacial score (nSPS) is 21.8. The van der Waals surface area contributed by atoms with Crippen LogP contribution in [-0.2, 0) is 0 Å². The molecular formula is C14H20Cl2N2. The highest BCUT2D eigenvalue weighted by molar-refractivity contribution is 6.42. The lowest BCUT2D eigenvalue weighted by Crippen LogP contribution is -2.42. The highest BCUT2D eigenvalue weighted by Crippen LogP contribution is 2.25. The minimum absolute atomic E-state index is 0.295. The molecule has 1 aliphatic rings. The van der Waals surface area contributed by atoms with Gasteiger partial charge in [-0.15, -0.1) is 0 Å². The Morgan fingerprint density at radius 2 is 2.17 bits per heavy atom. The third-order valence-corrected chi connectivity index (χ3v) is 4.27. The van der Waals surface area contributed by atoms with Crippen LogP contribution in [0.4, 0.5) is 0 Å². The van der Waals surface area contributed by atoms with Gasteiger partial charge in [-0.25, -0.2) is 0 Å². The molecule has 0 bridgehead atoms. The zero-order chi connectivity index (χ0) is 13.0. The van der Waals surface area contributed by atoms with Crippen molar-refractivity contribution in [2.24, 2.45) is 0 Å². The van der Waals surface area contributed by atoms with Gasteiger partial charge in [-0.2, -0.15) is 0 Å². The molecule has 4 heteroatoms. The zero-order valence-corrected chi connectivity index (χ0v) is 12.2. The van der Waals surface area contributed by atoms with E-state index in [1.54, 1.807) is 0 Å². The fraction of sp³-hybridized carbons (Fsp3) is 0.571. The molecule has 0 aliphatic carbocycles. The van der Waals surface area contributed by atoms with Crippen molar-refractivity contribution in [3.05, 3.63) is 33.8 Å². The highest BCUT2D eigenvalue weighted by atomic mass is 35.5. The molecule has 2 N–H and O–H groups in total. The van der Waals surface area contributed by atoms with E-state index in [2.05, 4.69) is 17.6 Å². The second-order valence-electron chi connectivity index (χ2n) is 4.95. The summed E-state index contributed by atoms with van der Waals surface area (Å²) in [6.45, 7) is 4.30. The first kappa shape index (κ1) is 14.1. The Bertz CT molecular complexity index is 389. The van der Waals surface area contributed by atoms with Gasteiger partial charge in [0.25, 0.3) is 0 Å². The van der Waals surface area contributed by atoms with Gasteiger partial charge >= 0.3 is 0 Å². The number of piperidine rings is 1. The maximum atomic E-state index is 6.03. The second-order valence-corrected chi connectivity index (χ2v) is 5.76. The minimum Gasteiger partial charge on any atom is -0.313 e. The number of hydrogen-bond donors (Lipinski definition) is 2. The van der Waals surface area contributed by atoms with Gasteiger partial charge in [0.05, 0.1) is 10.0 Å². The van der Waals surface area contributed by atoms with Crippen molar-refractivity contribution in [2.75, 3.05) is 13.1 Å². The van der Waals surface area contributed by atoms with E-state index < -0.39 is 0 Å². The fourth-order valence-electron chi connectivity index (χ4n) is 2.32. The first-order chi connectivity index (χ1) is 8.66. The predicted octanol–water partition coefficient (Wildman–Crippen LogP) is 3.79. The third kappa shape index (κ3) is 3.86. The molecular weight excluding hydrogens is 267 g/mol. The van der Waals surface area contributed by atoms with Crippen molar-refractivity contribution < 1.29 is 0 Å². The van der Waals surface area contributed by atoms with Crippen molar-refractivity contribution >= 4 is 23.2 Å². The van der Waals surface area contributed by atoms with Crippen LogP contribution >= 0.6 is 23.2 Å². The average Bonchev–Trinajstić information content (AvgIpc) is 2.40. The molecule has 0 saturated carbocycles. The summed E-state index contributed by atoms with van der Waals surface area (Å²) in [5.74, 6) is 0. The van der Waals surface area contributed by atoms with Crippen LogP contribution in [0.25, 0.3) is 0 Å². The van der Waals surface area contributed by atoms with Crippen LogP contribution in [0.15, 0.2) is 18.2 Å². The lowest BCUT2D eigenvalue weighted by atomic mass is 10.0. The second kappa shape index (κ2) is 6.76. The summed E-state index contributed by atoms with van der Waals surface area (Å²) in [6, 6.07) is 6.72. The van der Waals surface area contributed by atoms with Crippen molar-refractivity contribution in [2.45, 2.75) is 38.3 Å². The van der Waals surface area contributed by atoms with Crippen LogP contribution in [0, 0.1) is 0 Å². The van der Waals surface area contributed by atoms with Gasteiger partial charge in [0.2, 0.25) is 0 Å². The first-order valence-electron chi connectivity index (χ1n) is 6.58. The molecule has 2 atom stereocenters. The van der Waals surface area contributed by atoms with Gasteiger partial charge in [-0.1, -0.05) is 35.7 Å². The Labute approximate surface area is 119 Å². The zero-order valence-electron chi connectivity index (χ0n) is 10.7. The highest BCUT2D eigenvalue weighted by Gasteiger charge is 2.14. The summed E-state index contributed by atoms with van der Waals surface area (Å²) in [6.07, 6.45) is 3.90. The Balaban J connectivity index is 1.86. The average molecular weight is 287 g/mol. The van der Waals surface area contributed by atoms with Gasteiger partial charge in [-0.3, -0.25) is 0 Å². The van der Waals surface area contributed by atoms with E-state index in [4.69, 9.17) is 23.2 Å². The van der Waals surface area contributed by atoms with Crippen molar-refractivity contribution in [1.29, 1.82) is 0 Å². The van der Waals surface area contributed by atoms with Crippen LogP contribution in [0.3, 0.4) is 0 Å². The lowest BCUT2D eigenvalue weighted by molar-refractivity contribution is 0.371. The van der Waals surface area contributed by atoms with Crippen molar-refractivity contribution in [3.63, 3.8) is 0 Å². The maximum Gasteiger partial charge on any atom is 0.0595 e. The molecule has 2 nitrogen and oxygen atoms in total. The minimum atomic E-state index is 0.295. The SMILES string of the molecule is CC(NCC1CCCCN1)c1ccc(Cl)c(Cl)c1. The van der Waals surface area contributed by atoms with E-state index in [-0.39, 0.29) is 0 Å². The summed E-state index contributed by atoms with van der Waals surface area (Å²) in [5, 5.41) is 8.32. The molecule has 1 aliphatic heterocycles. The molecule has 1 heterocycles. The molecule has 0 aromatic heterocycles. The van der Waals surface area contributed by atoms with E-state index in [0.717, 1.165) is 13.1 Å². The molecule has 100 valence electrons. The Kier molecular flexibility index (Phi) is 5.31. The van der Waals surface area contributed by atoms with Gasteiger partial charge in [0.15, 0.2) is 0 Å². The van der Waals surface area contributed by atoms with Gasteiger partial charge in [-0.05, 0) is 44.0 Å². The first-order valence-corrected chi connectivity index (χ1v) is 7.34. The summed E-state index contributed by atoms with van der Waals surface area (Å²) in [4.78, 5) is 0. The topological polar surface area (TPSA) is 24.1 Å². The van der Waals surface area contributed by atoms with E-state index in [9.17, 15) is 0 Å². The van der Waals surface area contributed by atoms with Gasteiger partial charge in [0, 0.05) is 18.6 Å². The van der Waals surface area contributed by atoms with Crippen LogP contribution in [0.1, 0.15) is 37.8 Å². The monoisotopic (exact) mass is 286 g/mol. The largest absolute Gasteiger partial charge is 0.313 e. The van der Waals surface area contributed by atoms with E-state index in [1.807, 2.05) is 18.2 Å². The van der Waals surface area contributed by atoms with Crippen molar-refractivity contribution in [3.8, 4) is 0 Å². The van der Waals surface area contributed by atoms with Gasteiger partial charge < -0.3 is 10.6 Å². The number of rotatable bonds is 4. The molecule has 0 spiro atoms. The summed E-state index contributed by atoms with van der Waals surface area (Å²) < 4.78 is 0. The molecule has 1 aromatic rings. The number of nitrogens with one attached hydrogen (secondary N) is 2. The smallest absolute Gasteiger partial charge is 0.0595 e. The Morgan fingerprint density at radius 3 is 2.83 bits per heavy atom. The van der Waals surface area contributed by atoms with Crippen LogP contribution in [0.5, 0.6) is 0 Å². The summed E-state index contributed by atoms with van der Waals surface area (Å²) in [5.41, 5.74) is 1.18. The molecule has 0 amide bonds. The quantitative estimate of drug-likeness (QED) is 0.880. The van der Waals surface area contributed by atoms with Crippen LogP contribution in [-0.4, -0.2) is 19.1 Å². The Hall–Kier alpha value is -0.280. The van der Waals surface area contributed by atoms with Crippen LogP contribution < -0.4 is 10.6 Å². The van der Waals surface area contributed by atoms with Gasteiger partial charge in [0.1, 0.15) is 0 Å². The molecule has 2 rings (SSSR count). The molecule has 1 fully saturated rings. The van der Waals surface area contributed by atoms with E-state index in [1.165, 1.54) is 24.8 Å². The summed E-state index contributed by atoms with van der Waals surface area (Å²) >= 11 is 12.0. The Morgan fingerprint density at radius 1 is 1.33 bits per heavy atom.